The number of nitrogens with one attached hydrogen (secondary N) is 2. The molecule has 1 aliphatic rings. The van der Waals surface area contributed by atoms with Gasteiger partial charge in [-0.25, -0.2) is 9.97 Å². The summed E-state index contributed by atoms with van der Waals surface area (Å²) in [4.78, 5) is 24.5. The summed E-state index contributed by atoms with van der Waals surface area (Å²) in [6.45, 7) is 0.281. The predicted octanol–water partition coefficient (Wildman–Crippen LogP) is 0.548. The topological polar surface area (TPSA) is 89.0 Å². The van der Waals surface area contributed by atoms with Gasteiger partial charge in [0, 0.05) is 19.7 Å². The maximum atomic E-state index is 13.0. The van der Waals surface area contributed by atoms with Gasteiger partial charge in [0.05, 0.1) is 30.1 Å². The zero-order valence-electron chi connectivity index (χ0n) is 16.1. The van der Waals surface area contributed by atoms with E-state index in [1.165, 1.54) is 7.05 Å². The number of cyclic esters (lactones) is 1. The van der Waals surface area contributed by atoms with Crippen LogP contribution in [-0.2, 0) is 21.1 Å². The lowest BCUT2D eigenvalue weighted by molar-refractivity contribution is -0.142. The molecule has 7 nitrogen and oxygen atoms in total. The molecule has 1 aliphatic heterocycles. The second-order valence-electron chi connectivity index (χ2n) is 7.51. The third-order valence-electron chi connectivity index (χ3n) is 4.85. The molecule has 3 rings (SSSR count). The molecule has 0 amide bonds. The monoisotopic (exact) mass is 443 g/mol. The number of carbonyl (C=O) groups is 1. The molecule has 2 N–H and O–H groups in total. The van der Waals surface area contributed by atoms with Gasteiger partial charge in [0.15, 0.2) is 5.15 Å². The second kappa shape index (κ2) is 7.39. The Balaban J connectivity index is 1.97. The normalized spacial score (nSPS) is 19.8. The van der Waals surface area contributed by atoms with E-state index in [4.69, 9.17) is 16.3 Å². The molecule has 1 unspecified atom stereocenters. The van der Waals surface area contributed by atoms with Crippen molar-refractivity contribution in [3.05, 3.63) is 21.9 Å². The summed E-state index contributed by atoms with van der Waals surface area (Å²) in [5.74, 6) is -0.829. The number of halogens is 4. The van der Waals surface area contributed by atoms with Crippen LogP contribution in [0.15, 0.2) is 6.20 Å². The Morgan fingerprint density at radius 1 is 1.31 bits per heavy atom. The van der Waals surface area contributed by atoms with E-state index in [-0.39, 0.29) is 29.5 Å². The minimum atomic E-state index is -4.59. The average molecular weight is 443 g/mol. The van der Waals surface area contributed by atoms with Gasteiger partial charge >= 0.3 is 12.1 Å². The summed E-state index contributed by atoms with van der Waals surface area (Å²) in [7, 11) is 7.08. The van der Waals surface area contributed by atoms with Gasteiger partial charge in [0.2, 0.25) is 5.95 Å². The Kier molecular flexibility index (Phi) is 5.54. The van der Waals surface area contributed by atoms with Crippen molar-refractivity contribution in [1.29, 1.82) is 0 Å². The van der Waals surface area contributed by atoms with Gasteiger partial charge in [-0.15, -0.1) is 0 Å². The van der Waals surface area contributed by atoms with Crippen LogP contribution in [0.25, 0.3) is 0 Å². The zero-order valence-corrected chi connectivity index (χ0v) is 17.6. The number of aromatic nitrogens is 3. The summed E-state index contributed by atoms with van der Waals surface area (Å²) in [6, 6.07) is 0. The Hall–Kier alpha value is -1.95. The highest BCUT2D eigenvalue weighted by Crippen LogP contribution is 2.51. The first-order chi connectivity index (χ1) is 13.4. The maximum absolute atomic E-state index is 13.0. The van der Waals surface area contributed by atoms with Crippen LogP contribution < -0.4 is 10.6 Å². The van der Waals surface area contributed by atoms with Gasteiger partial charge < -0.3 is 15.4 Å². The molecule has 15 heteroatoms. The van der Waals surface area contributed by atoms with Crippen molar-refractivity contribution in [1.82, 2.24) is 15.0 Å². The van der Waals surface area contributed by atoms with Crippen LogP contribution in [0.1, 0.15) is 17.0 Å². The highest BCUT2D eigenvalue weighted by molar-refractivity contribution is 7.16. The summed E-state index contributed by atoms with van der Waals surface area (Å²) in [5.41, 5.74) is -1.94. The van der Waals surface area contributed by atoms with E-state index < -0.39 is 22.3 Å². The first kappa shape index (κ1) is 21.8. The molecular formula is C14H16B3ClF3N5O2S. The van der Waals surface area contributed by atoms with Gasteiger partial charge in [0.1, 0.15) is 26.8 Å². The molecule has 0 radical (unpaired) electrons. The number of esters is 1. The summed E-state index contributed by atoms with van der Waals surface area (Å²) >= 11 is 7.37. The molecule has 0 spiro atoms. The van der Waals surface area contributed by atoms with Crippen LogP contribution in [0, 0.1) is 0 Å². The fourth-order valence-electron chi connectivity index (χ4n) is 3.22. The summed E-state index contributed by atoms with van der Waals surface area (Å²) in [6.07, 6.45) is -3.45. The Bertz CT molecular complexity index is 956. The highest BCUT2D eigenvalue weighted by Gasteiger charge is 2.56. The van der Waals surface area contributed by atoms with Crippen LogP contribution in [-0.4, -0.2) is 58.1 Å². The van der Waals surface area contributed by atoms with Crippen molar-refractivity contribution in [3.8, 4) is 0 Å². The van der Waals surface area contributed by atoms with Crippen molar-refractivity contribution in [3.63, 3.8) is 0 Å². The number of nitrogens with zero attached hydrogens (tertiary/aromatic N) is 3. The van der Waals surface area contributed by atoms with E-state index in [2.05, 4.69) is 25.6 Å². The van der Waals surface area contributed by atoms with Crippen molar-refractivity contribution in [2.45, 2.75) is 23.1 Å². The molecule has 0 saturated carbocycles. The van der Waals surface area contributed by atoms with E-state index in [9.17, 15) is 18.0 Å². The van der Waals surface area contributed by atoms with E-state index in [0.717, 1.165) is 11.3 Å². The largest absolute Gasteiger partial charge is 0.465 e. The number of ether oxygens (including phenoxy) is 1. The molecule has 2 aromatic heterocycles. The first-order valence-corrected chi connectivity index (χ1v) is 9.82. The minimum Gasteiger partial charge on any atom is -0.465 e. The molecule has 29 heavy (non-hydrogen) atoms. The number of hydrogen-bond acceptors (Lipinski definition) is 8. The van der Waals surface area contributed by atoms with E-state index >= 15 is 0 Å². The quantitative estimate of drug-likeness (QED) is 0.516. The number of alkyl halides is 3. The molecule has 0 aliphatic carbocycles. The molecule has 3 heterocycles. The van der Waals surface area contributed by atoms with E-state index in [1.807, 2.05) is 23.5 Å². The van der Waals surface area contributed by atoms with Crippen LogP contribution in [0.5, 0.6) is 0 Å². The number of rotatable bonds is 5. The summed E-state index contributed by atoms with van der Waals surface area (Å²) in [5, 5.41) is 5.59. The lowest BCUT2D eigenvalue weighted by Gasteiger charge is -2.36. The van der Waals surface area contributed by atoms with Crippen LogP contribution in [0.4, 0.5) is 29.9 Å². The average Bonchev–Trinajstić information content (AvgIpc) is 3.17. The van der Waals surface area contributed by atoms with Crippen LogP contribution >= 0.6 is 22.9 Å². The lowest BCUT2D eigenvalue weighted by Crippen LogP contribution is -2.45. The van der Waals surface area contributed by atoms with Gasteiger partial charge in [-0.05, 0) is 0 Å². The molecule has 0 bridgehead atoms. The molecule has 1 fully saturated rings. The smallest absolute Gasteiger partial charge is 0.421 e. The maximum Gasteiger partial charge on any atom is 0.421 e. The number of carbonyl (C=O) groups excluding carboxylic acids is 1. The van der Waals surface area contributed by atoms with Gasteiger partial charge in [-0.3, -0.25) is 4.79 Å². The third-order valence-corrected chi connectivity index (χ3v) is 6.36. The lowest BCUT2D eigenvalue weighted by atomic mass is 9.32. The van der Waals surface area contributed by atoms with Crippen LogP contribution in [0.3, 0.4) is 0 Å². The van der Waals surface area contributed by atoms with Crippen LogP contribution in [0.2, 0.25) is 10.3 Å². The number of hydrogen-bond donors (Lipinski definition) is 2. The fourth-order valence-corrected chi connectivity index (χ4v) is 4.79. The standard InChI is InChI=1S/C14H16B3ClF3N5O2S/c1-22-7-5(13(19,20)21)4-23-11(25-7)26-8-6(18)24-9(29-8)12(14(15,16)17)2-3-28-10(12)27/h4H,2-3,15-17H2,1H3,(H2,22,23,25,26). The number of thiazole rings is 1. The molecule has 1 atom stereocenters. The first-order valence-electron chi connectivity index (χ1n) is 8.63. The highest BCUT2D eigenvalue weighted by atomic mass is 35.5. The Morgan fingerprint density at radius 3 is 2.52 bits per heavy atom. The fraction of sp³-hybridized carbons (Fsp3) is 0.429. The minimum absolute atomic E-state index is 0.0721. The third kappa shape index (κ3) is 3.79. The van der Waals surface area contributed by atoms with E-state index in [1.54, 1.807) is 0 Å². The van der Waals surface area contributed by atoms with Crippen molar-refractivity contribution in [2.75, 3.05) is 24.3 Å². The van der Waals surface area contributed by atoms with Crippen molar-refractivity contribution >= 4 is 69.2 Å². The molecule has 0 aromatic carbocycles. The molecular weight excluding hydrogens is 427 g/mol. The van der Waals surface area contributed by atoms with E-state index in [0.29, 0.717) is 22.6 Å². The van der Waals surface area contributed by atoms with Gasteiger partial charge in [0.25, 0.3) is 0 Å². The molecule has 1 saturated heterocycles. The Morgan fingerprint density at radius 2 is 2.00 bits per heavy atom. The molecule has 152 valence electrons. The number of anilines is 3. The molecule has 2 aromatic rings. The van der Waals surface area contributed by atoms with Crippen molar-refractivity contribution < 1.29 is 22.7 Å². The SMILES string of the molecule is BC(B)(B)C1(c2nc(Cl)c(Nc3ncc(C(F)(F)F)c(NC)n3)s2)CCOC1=O. The van der Waals surface area contributed by atoms with Gasteiger partial charge in [-0.2, -0.15) is 18.2 Å². The van der Waals surface area contributed by atoms with Crippen molar-refractivity contribution in [2.24, 2.45) is 0 Å². The second-order valence-corrected chi connectivity index (χ2v) is 8.87. The zero-order chi connectivity index (χ0) is 21.6. The predicted molar refractivity (Wildman–Crippen MR) is 113 cm³/mol. The Labute approximate surface area is 176 Å². The van der Waals surface area contributed by atoms with Gasteiger partial charge in [-0.1, -0.05) is 28.1 Å². The summed E-state index contributed by atoms with van der Waals surface area (Å²) < 4.78 is 44.3.